The van der Waals surface area contributed by atoms with Crippen LogP contribution in [0.4, 0.5) is 0 Å². The van der Waals surface area contributed by atoms with Crippen molar-refractivity contribution in [3.63, 3.8) is 0 Å². The van der Waals surface area contributed by atoms with Gasteiger partial charge in [-0.05, 0) is 25.5 Å². The Morgan fingerprint density at radius 3 is 2.59 bits per heavy atom. The second kappa shape index (κ2) is 6.24. The minimum atomic E-state index is -3.73. The summed E-state index contributed by atoms with van der Waals surface area (Å²) in [6.07, 6.45) is 1.40. The molecule has 8 nitrogen and oxygen atoms in total. The Morgan fingerprint density at radius 2 is 2.09 bits per heavy atom. The van der Waals surface area contributed by atoms with Crippen LogP contribution in [0.5, 0.6) is 0 Å². The lowest BCUT2D eigenvalue weighted by atomic mass is 10.2. The Kier molecular flexibility index (Phi) is 4.57. The van der Waals surface area contributed by atoms with Crippen molar-refractivity contribution in [1.82, 2.24) is 14.9 Å². The lowest BCUT2D eigenvalue weighted by molar-refractivity contribution is 0.0594. The van der Waals surface area contributed by atoms with Crippen LogP contribution in [0, 0.1) is 13.8 Å². The summed E-state index contributed by atoms with van der Waals surface area (Å²) in [5.74, 6) is -0.327. The largest absolute Gasteiger partial charge is 0.464 e. The summed E-state index contributed by atoms with van der Waals surface area (Å²) in [7, 11) is -2.47. The molecule has 0 radical (unpaired) electrons. The highest BCUT2D eigenvalue weighted by Crippen LogP contribution is 2.18. The van der Waals surface area contributed by atoms with E-state index in [2.05, 4.69) is 19.6 Å². The third-order valence-electron chi connectivity index (χ3n) is 2.92. The number of hydrogen-bond donors (Lipinski definition) is 1. The second-order valence-corrected chi connectivity index (χ2v) is 6.22. The van der Waals surface area contributed by atoms with E-state index in [9.17, 15) is 13.2 Å². The molecule has 2 heterocycles. The third kappa shape index (κ3) is 3.31. The smallest absolute Gasteiger partial charge is 0.356 e. The van der Waals surface area contributed by atoms with Gasteiger partial charge in [0.25, 0.3) is 0 Å². The molecule has 2 rings (SSSR count). The molecule has 0 bridgehead atoms. The van der Waals surface area contributed by atoms with Crippen LogP contribution in [0.3, 0.4) is 0 Å². The summed E-state index contributed by atoms with van der Waals surface area (Å²) >= 11 is 0. The number of hydrogen-bond acceptors (Lipinski definition) is 7. The number of pyridine rings is 1. The van der Waals surface area contributed by atoms with Crippen LogP contribution >= 0.6 is 0 Å². The molecule has 2 aromatic rings. The van der Waals surface area contributed by atoms with Crippen LogP contribution in [-0.4, -0.2) is 31.6 Å². The first kappa shape index (κ1) is 16.1. The summed E-state index contributed by atoms with van der Waals surface area (Å²) in [6.45, 7) is 3.11. The number of carbonyl (C=O) groups is 1. The normalized spacial score (nSPS) is 11.4. The number of carbonyl (C=O) groups excluding carboxylic acids is 1. The number of aryl methyl sites for hydroxylation is 2. The molecule has 0 aliphatic rings. The van der Waals surface area contributed by atoms with E-state index in [-0.39, 0.29) is 22.9 Å². The van der Waals surface area contributed by atoms with E-state index in [1.165, 1.54) is 26.3 Å². The zero-order valence-electron chi connectivity index (χ0n) is 12.3. The molecule has 0 atom stereocenters. The van der Waals surface area contributed by atoms with Crippen molar-refractivity contribution in [3.05, 3.63) is 41.0 Å². The maximum Gasteiger partial charge on any atom is 0.356 e. The van der Waals surface area contributed by atoms with Crippen LogP contribution in [0.2, 0.25) is 0 Å². The van der Waals surface area contributed by atoms with E-state index in [4.69, 9.17) is 4.52 Å². The number of esters is 1. The van der Waals surface area contributed by atoms with Crippen molar-refractivity contribution >= 4 is 16.0 Å². The molecule has 0 amide bonds. The zero-order chi connectivity index (χ0) is 16.3. The summed E-state index contributed by atoms with van der Waals surface area (Å²) in [5.41, 5.74) is 1.05. The van der Waals surface area contributed by atoms with Gasteiger partial charge in [0.1, 0.15) is 16.3 Å². The van der Waals surface area contributed by atoms with Gasteiger partial charge < -0.3 is 9.26 Å². The van der Waals surface area contributed by atoms with Crippen LogP contribution < -0.4 is 4.72 Å². The number of methoxy groups -OCH3 is 1. The van der Waals surface area contributed by atoms with E-state index >= 15 is 0 Å². The molecule has 0 aliphatic carbocycles. The molecule has 9 heteroatoms. The predicted octanol–water partition coefficient (Wildman–Crippen LogP) is 0.952. The number of nitrogens with zero attached hydrogens (tertiary/aromatic N) is 2. The molecule has 2 aromatic heterocycles. The van der Waals surface area contributed by atoms with Gasteiger partial charge in [0.05, 0.1) is 7.11 Å². The molecule has 0 aliphatic heterocycles. The van der Waals surface area contributed by atoms with Gasteiger partial charge in [-0.1, -0.05) is 11.2 Å². The molecular weight excluding hydrogens is 310 g/mol. The molecule has 118 valence electrons. The zero-order valence-corrected chi connectivity index (χ0v) is 13.1. The molecule has 0 saturated heterocycles. The van der Waals surface area contributed by atoms with Gasteiger partial charge in [-0.2, -0.15) is 0 Å². The van der Waals surface area contributed by atoms with E-state index < -0.39 is 16.0 Å². The van der Waals surface area contributed by atoms with Gasteiger partial charge >= 0.3 is 5.97 Å². The fourth-order valence-electron chi connectivity index (χ4n) is 1.86. The minimum absolute atomic E-state index is 0.0286. The first-order valence-electron chi connectivity index (χ1n) is 6.31. The number of rotatable bonds is 5. The van der Waals surface area contributed by atoms with Gasteiger partial charge in [-0.3, -0.25) is 0 Å². The maximum absolute atomic E-state index is 12.2. The Labute approximate surface area is 127 Å². The number of aromatic nitrogens is 2. The molecule has 0 spiro atoms. The lowest BCUT2D eigenvalue weighted by Gasteiger charge is -2.06. The lowest BCUT2D eigenvalue weighted by Crippen LogP contribution is -2.24. The molecular formula is C13H15N3O5S. The van der Waals surface area contributed by atoms with Crippen molar-refractivity contribution in [3.8, 4) is 0 Å². The molecule has 0 fully saturated rings. The van der Waals surface area contributed by atoms with Crippen LogP contribution in [0.15, 0.2) is 27.7 Å². The maximum atomic E-state index is 12.2. The second-order valence-electron chi connectivity index (χ2n) is 4.52. The average molecular weight is 325 g/mol. The summed E-state index contributed by atoms with van der Waals surface area (Å²) in [4.78, 5) is 15.2. The highest BCUT2D eigenvalue weighted by Gasteiger charge is 2.23. The first-order chi connectivity index (χ1) is 10.3. The number of ether oxygens (including phenoxy) is 1. The van der Waals surface area contributed by atoms with Gasteiger partial charge in [0.2, 0.25) is 10.0 Å². The van der Waals surface area contributed by atoms with Crippen molar-refractivity contribution in [2.45, 2.75) is 25.3 Å². The monoisotopic (exact) mass is 325 g/mol. The fourth-order valence-corrected chi connectivity index (χ4v) is 3.21. The van der Waals surface area contributed by atoms with Gasteiger partial charge in [-0.15, -0.1) is 0 Å². The Balaban J connectivity index is 2.11. The standard InChI is InChI=1S/C13H15N3O5S/c1-8-12(9(2)21-16-8)22(18,19)15-7-10-4-5-11(14-6-10)13(17)20-3/h4-6,15H,7H2,1-3H3. The predicted molar refractivity (Wildman–Crippen MR) is 75.6 cm³/mol. The number of nitrogens with one attached hydrogen (secondary N) is 1. The molecule has 0 unspecified atom stereocenters. The van der Waals surface area contributed by atoms with Crippen molar-refractivity contribution in [1.29, 1.82) is 0 Å². The van der Waals surface area contributed by atoms with Crippen LogP contribution in [0.1, 0.15) is 27.5 Å². The summed E-state index contributed by atoms with van der Waals surface area (Å²) in [6, 6.07) is 3.06. The van der Waals surface area contributed by atoms with E-state index in [0.29, 0.717) is 11.3 Å². The molecule has 22 heavy (non-hydrogen) atoms. The van der Waals surface area contributed by atoms with Gasteiger partial charge in [0, 0.05) is 12.7 Å². The Bertz CT molecular complexity index is 761. The fraction of sp³-hybridized carbons (Fsp3) is 0.308. The topological polar surface area (TPSA) is 111 Å². The van der Waals surface area contributed by atoms with Crippen molar-refractivity contribution in [2.75, 3.05) is 7.11 Å². The van der Waals surface area contributed by atoms with Gasteiger partial charge in [-0.25, -0.2) is 22.9 Å². The highest BCUT2D eigenvalue weighted by molar-refractivity contribution is 7.89. The quantitative estimate of drug-likeness (QED) is 0.815. The average Bonchev–Trinajstić information content (AvgIpc) is 2.84. The molecule has 1 N–H and O–H groups in total. The van der Waals surface area contributed by atoms with Crippen LogP contribution in [0.25, 0.3) is 0 Å². The summed E-state index contributed by atoms with van der Waals surface area (Å²) in [5, 5.41) is 3.62. The van der Waals surface area contributed by atoms with Gasteiger partial charge in [0.15, 0.2) is 5.76 Å². The number of sulfonamides is 1. The Hall–Kier alpha value is -2.26. The minimum Gasteiger partial charge on any atom is -0.464 e. The van der Waals surface area contributed by atoms with Crippen molar-refractivity contribution in [2.24, 2.45) is 0 Å². The molecule has 0 saturated carbocycles. The Morgan fingerprint density at radius 1 is 1.36 bits per heavy atom. The first-order valence-corrected chi connectivity index (χ1v) is 7.79. The SMILES string of the molecule is COC(=O)c1ccc(CNS(=O)(=O)c2c(C)noc2C)cn1. The van der Waals surface area contributed by atoms with E-state index in [0.717, 1.165) is 0 Å². The molecule has 0 aromatic carbocycles. The highest BCUT2D eigenvalue weighted by atomic mass is 32.2. The van der Waals surface area contributed by atoms with Crippen molar-refractivity contribution < 1.29 is 22.5 Å². The van der Waals surface area contributed by atoms with Crippen LogP contribution in [-0.2, 0) is 21.3 Å². The van der Waals surface area contributed by atoms with E-state index in [1.807, 2.05) is 0 Å². The third-order valence-corrected chi connectivity index (χ3v) is 4.57. The van der Waals surface area contributed by atoms with E-state index in [1.54, 1.807) is 13.0 Å². The summed E-state index contributed by atoms with van der Waals surface area (Å²) < 4.78 is 36.3.